The van der Waals surface area contributed by atoms with Crippen LogP contribution in [0.3, 0.4) is 0 Å². The first kappa shape index (κ1) is 20.0. The van der Waals surface area contributed by atoms with Crippen molar-refractivity contribution in [3.05, 3.63) is 23.2 Å². The van der Waals surface area contributed by atoms with Gasteiger partial charge in [-0.2, -0.15) is 5.26 Å². The predicted molar refractivity (Wildman–Crippen MR) is 111 cm³/mol. The first-order valence-electron chi connectivity index (χ1n) is 9.79. The van der Waals surface area contributed by atoms with Gasteiger partial charge in [0, 0.05) is 26.2 Å². The lowest BCUT2D eigenvalue weighted by molar-refractivity contribution is -0.138. The van der Waals surface area contributed by atoms with E-state index in [-0.39, 0.29) is 18.1 Å². The Morgan fingerprint density at radius 2 is 2.28 bits per heavy atom. The number of ether oxygens (including phenoxy) is 2. The molecule has 154 valence electrons. The molecule has 4 rings (SSSR count). The Labute approximate surface area is 174 Å². The molecule has 1 aromatic carbocycles. The molecule has 2 aliphatic rings. The Morgan fingerprint density at radius 1 is 1.41 bits per heavy atom. The van der Waals surface area contributed by atoms with Crippen molar-refractivity contribution >= 4 is 33.1 Å². The van der Waals surface area contributed by atoms with Crippen molar-refractivity contribution in [1.29, 1.82) is 5.26 Å². The van der Waals surface area contributed by atoms with E-state index in [0.717, 1.165) is 23.5 Å². The molecule has 2 saturated heterocycles. The molecule has 0 saturated carbocycles. The number of likely N-dealkylation sites (N-methyl/N-ethyl adjacent to an activating group) is 1. The van der Waals surface area contributed by atoms with E-state index in [1.807, 2.05) is 13.0 Å². The average Bonchev–Trinajstić information content (AvgIpc) is 3.21. The van der Waals surface area contributed by atoms with Crippen LogP contribution in [0.25, 0.3) is 10.2 Å². The van der Waals surface area contributed by atoms with E-state index in [2.05, 4.69) is 33.2 Å². The number of aromatic nitrogens is 1. The number of rotatable bonds is 4. The van der Waals surface area contributed by atoms with E-state index >= 15 is 0 Å². The van der Waals surface area contributed by atoms with Crippen LogP contribution in [0.5, 0.6) is 0 Å². The van der Waals surface area contributed by atoms with E-state index in [1.165, 1.54) is 11.3 Å². The molecule has 9 heteroatoms. The third-order valence-corrected chi connectivity index (χ3v) is 6.17. The molecule has 29 heavy (non-hydrogen) atoms. The Balaban J connectivity index is 1.45. The molecular formula is C20H25N5O3S. The summed E-state index contributed by atoms with van der Waals surface area (Å²) in [5.74, 6) is -0.118. The number of nitriles is 1. The van der Waals surface area contributed by atoms with Gasteiger partial charge in [0.15, 0.2) is 6.10 Å². The highest BCUT2D eigenvalue weighted by atomic mass is 32.1. The number of nitrogens with zero attached hydrogens (tertiary/aromatic N) is 4. The molecule has 0 spiro atoms. The molecule has 2 aromatic rings. The molecule has 1 unspecified atom stereocenters. The number of carbonyl (C=O) groups excluding carboxylic acids is 1. The molecular weight excluding hydrogens is 390 g/mol. The van der Waals surface area contributed by atoms with Crippen LogP contribution in [0.4, 0.5) is 5.69 Å². The largest absolute Gasteiger partial charge is 0.374 e. The summed E-state index contributed by atoms with van der Waals surface area (Å²) in [4.78, 5) is 21.5. The molecule has 0 bridgehead atoms. The SMILES string of the molecule is C[C@@H]1CN(c2ccc(C#N)c3ncsc23)C[C@H](C(=O)NCC2CN(C)CCO2)O1. The standard InChI is InChI=1S/C20H25N5O3S/c1-13-9-25(16-4-3-14(7-21)18-19(16)29-12-23-18)11-17(28-13)20(26)22-8-15-10-24(2)5-6-27-15/h3-4,12-13,15,17H,5-6,8-11H2,1-2H3,(H,22,26)/t13-,15?,17-/m1/s1. The van der Waals surface area contributed by atoms with E-state index in [9.17, 15) is 10.1 Å². The van der Waals surface area contributed by atoms with Crippen LogP contribution in [-0.2, 0) is 14.3 Å². The van der Waals surface area contributed by atoms with Crippen molar-refractivity contribution in [3.63, 3.8) is 0 Å². The number of morpholine rings is 2. The molecule has 0 aliphatic carbocycles. The molecule has 3 heterocycles. The van der Waals surface area contributed by atoms with Crippen LogP contribution in [0.2, 0.25) is 0 Å². The summed E-state index contributed by atoms with van der Waals surface area (Å²) in [7, 11) is 2.05. The first-order chi connectivity index (χ1) is 14.0. The average molecular weight is 416 g/mol. The summed E-state index contributed by atoms with van der Waals surface area (Å²) in [6, 6.07) is 5.93. The predicted octanol–water partition coefficient (Wildman–Crippen LogP) is 1.21. The van der Waals surface area contributed by atoms with Crippen LogP contribution in [0.15, 0.2) is 17.6 Å². The number of benzene rings is 1. The van der Waals surface area contributed by atoms with Gasteiger partial charge in [-0.3, -0.25) is 4.79 Å². The van der Waals surface area contributed by atoms with Gasteiger partial charge in [0.05, 0.1) is 46.8 Å². The smallest absolute Gasteiger partial charge is 0.251 e. The normalized spacial score (nSPS) is 25.7. The Kier molecular flexibility index (Phi) is 5.96. The molecule has 8 nitrogen and oxygen atoms in total. The summed E-state index contributed by atoms with van der Waals surface area (Å²) in [5.41, 5.74) is 4.03. The number of carbonyl (C=O) groups is 1. The summed E-state index contributed by atoms with van der Waals surface area (Å²) in [5, 5.41) is 12.3. The molecule has 0 radical (unpaired) electrons. The fraction of sp³-hybridized carbons (Fsp3) is 0.550. The van der Waals surface area contributed by atoms with Gasteiger partial charge in [0.2, 0.25) is 0 Å². The van der Waals surface area contributed by atoms with Gasteiger partial charge >= 0.3 is 0 Å². The summed E-state index contributed by atoms with van der Waals surface area (Å²) in [6.45, 7) is 6.00. The zero-order valence-corrected chi connectivity index (χ0v) is 17.4. The van der Waals surface area contributed by atoms with E-state index in [4.69, 9.17) is 9.47 Å². The van der Waals surface area contributed by atoms with Gasteiger partial charge < -0.3 is 24.6 Å². The monoisotopic (exact) mass is 415 g/mol. The quantitative estimate of drug-likeness (QED) is 0.803. The fourth-order valence-corrected chi connectivity index (χ4v) is 4.74. The second-order valence-electron chi connectivity index (χ2n) is 7.61. The van der Waals surface area contributed by atoms with Crippen LogP contribution < -0.4 is 10.2 Å². The zero-order valence-electron chi connectivity index (χ0n) is 16.6. The minimum Gasteiger partial charge on any atom is -0.374 e. The fourth-order valence-electron chi connectivity index (χ4n) is 3.89. The van der Waals surface area contributed by atoms with E-state index in [0.29, 0.717) is 37.3 Å². The highest BCUT2D eigenvalue weighted by Gasteiger charge is 2.32. The molecule has 3 atom stereocenters. The van der Waals surface area contributed by atoms with Crippen LogP contribution in [-0.4, -0.2) is 80.5 Å². The van der Waals surface area contributed by atoms with Gasteiger partial charge in [0.1, 0.15) is 11.6 Å². The summed E-state index contributed by atoms with van der Waals surface area (Å²) >= 11 is 1.51. The van der Waals surface area contributed by atoms with Crippen molar-refractivity contribution in [2.75, 3.05) is 51.3 Å². The minimum atomic E-state index is -0.557. The third-order valence-electron chi connectivity index (χ3n) is 5.32. The number of thiazole rings is 1. The number of fused-ring (bicyclic) bond motifs is 1. The van der Waals surface area contributed by atoms with Gasteiger partial charge in [-0.05, 0) is 26.1 Å². The van der Waals surface area contributed by atoms with E-state index < -0.39 is 6.10 Å². The number of hydrogen-bond acceptors (Lipinski definition) is 8. The lowest BCUT2D eigenvalue weighted by Crippen LogP contribution is -2.54. The van der Waals surface area contributed by atoms with Gasteiger partial charge in [0.25, 0.3) is 5.91 Å². The first-order valence-corrected chi connectivity index (χ1v) is 10.7. The number of nitrogens with one attached hydrogen (secondary N) is 1. The van der Waals surface area contributed by atoms with Crippen molar-refractivity contribution in [3.8, 4) is 6.07 Å². The topological polar surface area (TPSA) is 90.7 Å². The molecule has 2 aliphatic heterocycles. The second-order valence-corrected chi connectivity index (χ2v) is 8.47. The van der Waals surface area contributed by atoms with Crippen molar-refractivity contribution in [1.82, 2.24) is 15.2 Å². The molecule has 1 aromatic heterocycles. The summed E-state index contributed by atoms with van der Waals surface area (Å²) in [6.07, 6.45) is -0.640. The highest BCUT2D eigenvalue weighted by Crippen LogP contribution is 2.33. The van der Waals surface area contributed by atoms with Crippen molar-refractivity contribution in [2.24, 2.45) is 0 Å². The zero-order chi connectivity index (χ0) is 20.4. The van der Waals surface area contributed by atoms with Crippen molar-refractivity contribution < 1.29 is 14.3 Å². The number of amides is 1. The number of anilines is 1. The van der Waals surface area contributed by atoms with Crippen LogP contribution >= 0.6 is 11.3 Å². The van der Waals surface area contributed by atoms with Gasteiger partial charge in [-0.1, -0.05) is 0 Å². The highest BCUT2D eigenvalue weighted by molar-refractivity contribution is 7.17. The third kappa shape index (κ3) is 4.36. The van der Waals surface area contributed by atoms with Gasteiger partial charge in [-0.25, -0.2) is 4.98 Å². The van der Waals surface area contributed by atoms with Crippen molar-refractivity contribution in [2.45, 2.75) is 25.2 Å². The second kappa shape index (κ2) is 8.63. The Morgan fingerprint density at radius 3 is 3.07 bits per heavy atom. The maximum atomic E-state index is 12.8. The Hall–Kier alpha value is -2.25. The maximum Gasteiger partial charge on any atom is 0.251 e. The van der Waals surface area contributed by atoms with Crippen LogP contribution in [0.1, 0.15) is 12.5 Å². The lowest BCUT2D eigenvalue weighted by atomic mass is 10.1. The lowest BCUT2D eigenvalue weighted by Gasteiger charge is -2.38. The molecule has 2 fully saturated rings. The van der Waals surface area contributed by atoms with Crippen LogP contribution in [0, 0.1) is 11.3 Å². The molecule has 1 N–H and O–H groups in total. The maximum absolute atomic E-state index is 12.8. The van der Waals surface area contributed by atoms with E-state index in [1.54, 1.807) is 11.6 Å². The summed E-state index contributed by atoms with van der Waals surface area (Å²) < 4.78 is 12.6. The number of hydrogen-bond donors (Lipinski definition) is 1. The molecule has 1 amide bonds. The Bertz CT molecular complexity index is 926. The van der Waals surface area contributed by atoms with Gasteiger partial charge in [-0.15, -0.1) is 11.3 Å². The minimum absolute atomic E-state index is 0.00478.